The number of aliphatic carboxylic acids is 2. The molecule has 10 N–H and O–H groups in total. The number of carboxylic acid groups (broad SMARTS) is 2. The van der Waals surface area contributed by atoms with Gasteiger partial charge in [-0.2, -0.15) is 4.98 Å². The molecule has 0 saturated carbocycles. The quantitative estimate of drug-likeness (QED) is 0.108. The molecule has 0 spiro atoms. The van der Waals surface area contributed by atoms with Gasteiger partial charge in [0.15, 0.2) is 11.2 Å². The van der Waals surface area contributed by atoms with Crippen LogP contribution in [0.5, 0.6) is 0 Å². The van der Waals surface area contributed by atoms with Gasteiger partial charge in [-0.05, 0) is 56.5 Å². The Morgan fingerprint density at radius 2 is 1.63 bits per heavy atom. The summed E-state index contributed by atoms with van der Waals surface area (Å²) in [7, 11) is 0. The maximum Gasteiger partial charge on any atom is 0.326 e. The smallest absolute Gasteiger partial charge is 0.326 e. The molecule has 3 aromatic rings. The standard InChI is InChI=1S/C25H31N9O7/c26-10-2-1-3-16(23(38)39)31-18(35)9-8-17(24(40)41)32-21(36)13-4-6-14(7-5-13)28-11-15-12-29-20-19(30-15)22(37)34-25(27)33-20/h4-7,12,16-17,28H,1-3,8-11,26H2,(H,31,35)(H,32,36)(H,38,39)(H,40,41)(H3,27,29,33,34,37)/t16-,17-/m0/s1. The number of hydrogen-bond acceptors (Lipinski definition) is 11. The molecule has 2 heterocycles. The van der Waals surface area contributed by atoms with Crippen LogP contribution in [0.2, 0.25) is 0 Å². The van der Waals surface area contributed by atoms with Crippen molar-refractivity contribution in [3.05, 3.63) is 52.1 Å². The van der Waals surface area contributed by atoms with Gasteiger partial charge in [-0.3, -0.25) is 19.4 Å². The average Bonchev–Trinajstić information content (AvgIpc) is 2.93. The summed E-state index contributed by atoms with van der Waals surface area (Å²) in [6, 6.07) is 3.67. The van der Waals surface area contributed by atoms with Crippen molar-refractivity contribution >= 4 is 46.6 Å². The number of nitrogens with two attached hydrogens (primary N) is 2. The van der Waals surface area contributed by atoms with E-state index in [1.807, 2.05) is 0 Å². The van der Waals surface area contributed by atoms with Gasteiger partial charge in [-0.25, -0.2) is 19.6 Å². The van der Waals surface area contributed by atoms with E-state index in [-0.39, 0.29) is 48.5 Å². The number of H-pyrrole nitrogens is 1. The summed E-state index contributed by atoms with van der Waals surface area (Å²) in [5, 5.41) is 26.6. The Kier molecular flexibility index (Phi) is 10.6. The topological polar surface area (TPSA) is 268 Å². The monoisotopic (exact) mass is 569 g/mol. The molecule has 0 aliphatic heterocycles. The SMILES string of the molecule is NCCCC[C@H](NC(=O)CC[C@H](NC(=O)c1ccc(NCc2cnc3nc(N)[nH]c(=O)c3n2)cc1)C(=O)O)C(=O)O. The number of carbonyl (C=O) groups excluding carboxylic acids is 2. The van der Waals surface area contributed by atoms with Gasteiger partial charge in [0.2, 0.25) is 11.9 Å². The predicted octanol–water partition coefficient (Wildman–Crippen LogP) is -0.431. The van der Waals surface area contributed by atoms with Gasteiger partial charge < -0.3 is 37.6 Å². The van der Waals surface area contributed by atoms with E-state index in [1.165, 1.54) is 18.3 Å². The Labute approximate surface area is 233 Å². The summed E-state index contributed by atoms with van der Waals surface area (Å²) in [4.78, 5) is 74.5. The van der Waals surface area contributed by atoms with Crippen LogP contribution in [0.15, 0.2) is 35.3 Å². The highest BCUT2D eigenvalue weighted by Gasteiger charge is 2.24. The van der Waals surface area contributed by atoms with Crippen LogP contribution in [0.3, 0.4) is 0 Å². The second kappa shape index (κ2) is 14.3. The zero-order valence-electron chi connectivity index (χ0n) is 21.9. The van der Waals surface area contributed by atoms with E-state index < -0.39 is 41.4 Å². The number of aromatic amines is 1. The molecule has 16 nitrogen and oxygen atoms in total. The Balaban J connectivity index is 1.53. The van der Waals surface area contributed by atoms with Crippen molar-refractivity contribution in [2.24, 2.45) is 5.73 Å². The summed E-state index contributed by atoms with van der Waals surface area (Å²) >= 11 is 0. The lowest BCUT2D eigenvalue weighted by molar-refractivity contribution is -0.142. The van der Waals surface area contributed by atoms with Gasteiger partial charge in [0.1, 0.15) is 12.1 Å². The maximum atomic E-state index is 12.6. The summed E-state index contributed by atoms with van der Waals surface area (Å²) in [6.45, 7) is 0.606. The number of hydrogen-bond donors (Lipinski definition) is 8. The minimum absolute atomic E-state index is 0.0419. The largest absolute Gasteiger partial charge is 0.480 e. The Morgan fingerprint density at radius 1 is 0.951 bits per heavy atom. The van der Waals surface area contributed by atoms with E-state index in [4.69, 9.17) is 11.5 Å². The summed E-state index contributed by atoms with van der Waals surface area (Å²) < 4.78 is 0. The molecule has 0 aliphatic carbocycles. The fourth-order valence-electron chi connectivity index (χ4n) is 3.78. The highest BCUT2D eigenvalue weighted by atomic mass is 16.4. The molecule has 0 fully saturated rings. The molecule has 41 heavy (non-hydrogen) atoms. The Hall–Kier alpha value is -5.12. The van der Waals surface area contributed by atoms with Crippen LogP contribution >= 0.6 is 0 Å². The van der Waals surface area contributed by atoms with E-state index in [9.17, 15) is 34.2 Å². The zero-order chi connectivity index (χ0) is 29.9. The number of rotatable bonds is 15. The normalized spacial score (nSPS) is 12.3. The number of unbranched alkanes of at least 4 members (excludes halogenated alkanes) is 1. The number of fused-ring (bicyclic) bond motifs is 1. The lowest BCUT2D eigenvalue weighted by Gasteiger charge is -2.17. The van der Waals surface area contributed by atoms with Crippen LogP contribution in [0.1, 0.15) is 48.2 Å². The number of nitrogens with one attached hydrogen (secondary N) is 4. The third-order valence-electron chi connectivity index (χ3n) is 5.95. The third-order valence-corrected chi connectivity index (χ3v) is 5.95. The summed E-state index contributed by atoms with van der Waals surface area (Å²) in [5.74, 6) is -3.90. The van der Waals surface area contributed by atoms with Crippen LogP contribution in [0.25, 0.3) is 11.2 Å². The average molecular weight is 570 g/mol. The highest BCUT2D eigenvalue weighted by Crippen LogP contribution is 2.12. The van der Waals surface area contributed by atoms with Crippen molar-refractivity contribution < 1.29 is 29.4 Å². The molecule has 0 aliphatic rings. The fourth-order valence-corrected chi connectivity index (χ4v) is 3.78. The van der Waals surface area contributed by atoms with Gasteiger partial charge in [-0.1, -0.05) is 0 Å². The molecule has 218 valence electrons. The van der Waals surface area contributed by atoms with Crippen molar-refractivity contribution in [3.8, 4) is 0 Å². The molecule has 0 saturated heterocycles. The second-order valence-corrected chi connectivity index (χ2v) is 9.06. The van der Waals surface area contributed by atoms with Gasteiger partial charge in [0, 0.05) is 17.7 Å². The molecule has 1 aromatic carbocycles. The number of aromatic nitrogens is 4. The second-order valence-electron chi connectivity index (χ2n) is 9.06. The van der Waals surface area contributed by atoms with Crippen molar-refractivity contribution in [1.82, 2.24) is 30.6 Å². The van der Waals surface area contributed by atoms with Crippen molar-refractivity contribution in [3.63, 3.8) is 0 Å². The number of carboxylic acids is 2. The van der Waals surface area contributed by atoms with Crippen LogP contribution in [-0.2, 0) is 20.9 Å². The summed E-state index contributed by atoms with van der Waals surface area (Å²) in [6.07, 6.45) is 2.23. The molecule has 2 aromatic heterocycles. The van der Waals surface area contributed by atoms with Gasteiger partial charge in [-0.15, -0.1) is 0 Å². The minimum atomic E-state index is -1.37. The molecule has 3 rings (SSSR count). The van der Waals surface area contributed by atoms with Gasteiger partial charge in [0.25, 0.3) is 11.5 Å². The number of benzene rings is 1. The molecule has 0 radical (unpaired) electrons. The van der Waals surface area contributed by atoms with E-state index in [1.54, 1.807) is 12.1 Å². The number of amides is 2. The van der Waals surface area contributed by atoms with E-state index >= 15 is 0 Å². The van der Waals surface area contributed by atoms with Crippen LogP contribution < -0.4 is 33.0 Å². The molecular weight excluding hydrogens is 538 g/mol. The van der Waals surface area contributed by atoms with Crippen LogP contribution in [-0.4, -0.2) is 72.5 Å². The summed E-state index contributed by atoms with van der Waals surface area (Å²) in [5.41, 5.74) is 11.8. The lowest BCUT2D eigenvalue weighted by Crippen LogP contribution is -2.44. The molecular formula is C25H31N9O7. The molecule has 16 heteroatoms. The van der Waals surface area contributed by atoms with Crippen LogP contribution in [0.4, 0.5) is 11.6 Å². The van der Waals surface area contributed by atoms with Crippen molar-refractivity contribution in [1.29, 1.82) is 0 Å². The Bertz CT molecular complexity index is 1460. The zero-order valence-corrected chi connectivity index (χ0v) is 21.9. The lowest BCUT2D eigenvalue weighted by atomic mass is 10.1. The van der Waals surface area contributed by atoms with Crippen LogP contribution in [0, 0.1) is 0 Å². The van der Waals surface area contributed by atoms with E-state index in [2.05, 4.69) is 35.9 Å². The number of carbonyl (C=O) groups is 4. The highest BCUT2D eigenvalue weighted by molar-refractivity contribution is 5.97. The minimum Gasteiger partial charge on any atom is -0.480 e. The number of anilines is 2. The van der Waals surface area contributed by atoms with Crippen molar-refractivity contribution in [2.75, 3.05) is 17.6 Å². The third kappa shape index (κ3) is 8.96. The van der Waals surface area contributed by atoms with Crippen molar-refractivity contribution in [2.45, 2.75) is 50.7 Å². The van der Waals surface area contributed by atoms with Gasteiger partial charge >= 0.3 is 11.9 Å². The number of nitrogens with zero attached hydrogens (tertiary/aromatic N) is 3. The molecule has 2 atom stereocenters. The molecule has 0 unspecified atom stereocenters. The molecule has 0 bridgehead atoms. The predicted molar refractivity (Wildman–Crippen MR) is 147 cm³/mol. The first-order valence-electron chi connectivity index (χ1n) is 12.7. The molecule has 2 amide bonds. The van der Waals surface area contributed by atoms with Gasteiger partial charge in [0.05, 0.1) is 18.4 Å². The number of nitrogen functional groups attached to an aromatic ring is 1. The van der Waals surface area contributed by atoms with E-state index in [0.717, 1.165) is 0 Å². The fraction of sp³-hybridized carbons (Fsp3) is 0.360. The first-order chi connectivity index (χ1) is 19.6. The Morgan fingerprint density at radius 3 is 2.29 bits per heavy atom. The first-order valence-corrected chi connectivity index (χ1v) is 12.7. The first kappa shape index (κ1) is 30.4. The maximum absolute atomic E-state index is 12.6. The van der Waals surface area contributed by atoms with E-state index in [0.29, 0.717) is 30.8 Å².